The molecule has 15 heavy (non-hydrogen) atoms. The molecule has 0 atom stereocenters. The molecule has 0 spiro atoms. The van der Waals surface area contributed by atoms with E-state index in [-0.39, 0.29) is 0 Å². The average molecular weight is 242 g/mol. The fourth-order valence-corrected chi connectivity index (χ4v) is 1.88. The van der Waals surface area contributed by atoms with Gasteiger partial charge in [-0.25, -0.2) is 4.98 Å². The number of ether oxygens (including phenoxy) is 1. The number of pyridine rings is 1. The van der Waals surface area contributed by atoms with Crippen LogP contribution in [0.1, 0.15) is 5.56 Å². The number of fused-ring (bicyclic) bond motifs is 1. The Bertz CT molecular complexity index is 499. The minimum absolute atomic E-state index is 0.360. The standard InChI is InChI=1S/C11H9Cl2NO/c1-15-9-2-3-10-7(5-9)4-8(6-12)11(13)14-10/h2-5H,6H2,1H3. The van der Waals surface area contributed by atoms with Crippen molar-refractivity contribution in [2.24, 2.45) is 0 Å². The lowest BCUT2D eigenvalue weighted by atomic mass is 10.1. The number of hydrogen-bond acceptors (Lipinski definition) is 2. The molecule has 4 heteroatoms. The second-order valence-electron chi connectivity index (χ2n) is 3.13. The highest BCUT2D eigenvalue weighted by atomic mass is 35.5. The molecule has 0 fully saturated rings. The third-order valence-electron chi connectivity index (χ3n) is 2.19. The van der Waals surface area contributed by atoms with Gasteiger partial charge in [0.1, 0.15) is 10.9 Å². The first kappa shape index (κ1) is 10.5. The lowest BCUT2D eigenvalue weighted by Crippen LogP contribution is -1.88. The molecule has 0 bridgehead atoms. The Labute approximate surface area is 97.8 Å². The summed E-state index contributed by atoms with van der Waals surface area (Å²) in [5.41, 5.74) is 1.67. The Hall–Kier alpha value is -0.990. The average Bonchev–Trinajstić information content (AvgIpc) is 2.27. The SMILES string of the molecule is COc1ccc2nc(Cl)c(CCl)cc2c1. The van der Waals surface area contributed by atoms with Crippen molar-refractivity contribution in [2.75, 3.05) is 7.11 Å². The zero-order chi connectivity index (χ0) is 10.8. The number of halogens is 2. The Morgan fingerprint density at radius 3 is 2.80 bits per heavy atom. The first-order chi connectivity index (χ1) is 7.24. The lowest BCUT2D eigenvalue weighted by molar-refractivity contribution is 0.415. The molecular weight excluding hydrogens is 233 g/mol. The van der Waals surface area contributed by atoms with Crippen molar-refractivity contribution in [1.82, 2.24) is 4.98 Å². The van der Waals surface area contributed by atoms with Crippen LogP contribution >= 0.6 is 23.2 Å². The maximum Gasteiger partial charge on any atom is 0.134 e. The van der Waals surface area contributed by atoms with E-state index in [1.54, 1.807) is 7.11 Å². The van der Waals surface area contributed by atoms with Crippen LogP contribution < -0.4 is 4.74 Å². The van der Waals surface area contributed by atoms with Gasteiger partial charge < -0.3 is 4.74 Å². The summed E-state index contributed by atoms with van der Waals surface area (Å²) in [4.78, 5) is 4.25. The van der Waals surface area contributed by atoms with Crippen LogP contribution in [-0.4, -0.2) is 12.1 Å². The molecule has 0 aliphatic rings. The second kappa shape index (κ2) is 4.25. The van der Waals surface area contributed by atoms with Gasteiger partial charge in [-0.1, -0.05) is 11.6 Å². The summed E-state index contributed by atoms with van der Waals surface area (Å²) in [7, 11) is 1.63. The van der Waals surface area contributed by atoms with Gasteiger partial charge in [0.15, 0.2) is 0 Å². The minimum atomic E-state index is 0.360. The van der Waals surface area contributed by atoms with Gasteiger partial charge in [0.05, 0.1) is 18.5 Å². The van der Waals surface area contributed by atoms with Crippen molar-refractivity contribution in [1.29, 1.82) is 0 Å². The van der Waals surface area contributed by atoms with Crippen LogP contribution in [0.15, 0.2) is 24.3 Å². The highest BCUT2D eigenvalue weighted by Crippen LogP contribution is 2.24. The van der Waals surface area contributed by atoms with E-state index in [0.29, 0.717) is 11.0 Å². The van der Waals surface area contributed by atoms with E-state index in [1.165, 1.54) is 0 Å². The van der Waals surface area contributed by atoms with Gasteiger partial charge in [0.25, 0.3) is 0 Å². The molecule has 2 nitrogen and oxygen atoms in total. The van der Waals surface area contributed by atoms with Gasteiger partial charge in [0, 0.05) is 10.9 Å². The van der Waals surface area contributed by atoms with Crippen LogP contribution in [0.4, 0.5) is 0 Å². The van der Waals surface area contributed by atoms with Crippen molar-refractivity contribution >= 4 is 34.1 Å². The lowest BCUT2D eigenvalue weighted by Gasteiger charge is -2.05. The van der Waals surface area contributed by atoms with E-state index in [2.05, 4.69) is 4.98 Å². The Kier molecular flexibility index (Phi) is 2.98. The van der Waals surface area contributed by atoms with E-state index in [0.717, 1.165) is 22.2 Å². The van der Waals surface area contributed by atoms with E-state index in [4.69, 9.17) is 27.9 Å². The summed E-state index contributed by atoms with van der Waals surface area (Å²) in [5, 5.41) is 1.44. The highest BCUT2D eigenvalue weighted by molar-refractivity contribution is 6.31. The monoisotopic (exact) mass is 241 g/mol. The molecule has 1 aromatic carbocycles. The normalized spacial score (nSPS) is 10.6. The molecule has 0 saturated heterocycles. The van der Waals surface area contributed by atoms with Crippen LogP contribution in [0.2, 0.25) is 5.15 Å². The van der Waals surface area contributed by atoms with Crippen molar-refractivity contribution in [3.8, 4) is 5.75 Å². The van der Waals surface area contributed by atoms with Gasteiger partial charge in [0.2, 0.25) is 0 Å². The third kappa shape index (κ3) is 2.01. The van der Waals surface area contributed by atoms with E-state index in [9.17, 15) is 0 Å². The third-order valence-corrected chi connectivity index (χ3v) is 2.81. The van der Waals surface area contributed by atoms with Crippen molar-refractivity contribution in [3.63, 3.8) is 0 Å². The van der Waals surface area contributed by atoms with Gasteiger partial charge in [-0.15, -0.1) is 11.6 Å². The zero-order valence-corrected chi connectivity index (χ0v) is 9.64. The summed E-state index contributed by atoms with van der Waals surface area (Å²) in [6.45, 7) is 0. The van der Waals surface area contributed by atoms with E-state index < -0.39 is 0 Å². The van der Waals surface area contributed by atoms with E-state index in [1.807, 2.05) is 24.3 Å². The summed E-state index contributed by atoms with van der Waals surface area (Å²) < 4.78 is 5.13. The maximum atomic E-state index is 5.95. The molecule has 1 aromatic heterocycles. The second-order valence-corrected chi connectivity index (χ2v) is 3.76. The molecule has 2 aromatic rings. The summed E-state index contributed by atoms with van der Waals surface area (Å²) >= 11 is 11.7. The molecule has 0 unspecified atom stereocenters. The van der Waals surface area contributed by atoms with Gasteiger partial charge in [-0.2, -0.15) is 0 Å². The Balaban J connectivity index is 2.66. The van der Waals surface area contributed by atoms with Crippen molar-refractivity contribution < 1.29 is 4.74 Å². The number of aromatic nitrogens is 1. The number of benzene rings is 1. The highest BCUT2D eigenvalue weighted by Gasteiger charge is 2.04. The molecule has 0 N–H and O–H groups in total. The smallest absolute Gasteiger partial charge is 0.134 e. The molecular formula is C11H9Cl2NO. The molecule has 0 aliphatic carbocycles. The minimum Gasteiger partial charge on any atom is -0.497 e. The summed E-state index contributed by atoms with van der Waals surface area (Å²) in [5.74, 6) is 1.16. The first-order valence-electron chi connectivity index (χ1n) is 4.43. The van der Waals surface area contributed by atoms with Crippen LogP contribution in [0.3, 0.4) is 0 Å². The van der Waals surface area contributed by atoms with Crippen LogP contribution in [0.25, 0.3) is 10.9 Å². The Morgan fingerprint density at radius 1 is 1.33 bits per heavy atom. The molecule has 2 rings (SSSR count). The molecule has 0 aliphatic heterocycles. The van der Waals surface area contributed by atoms with Crippen LogP contribution in [-0.2, 0) is 5.88 Å². The molecule has 0 radical (unpaired) electrons. The van der Waals surface area contributed by atoms with E-state index >= 15 is 0 Å². The summed E-state index contributed by atoms with van der Waals surface area (Å²) in [6.07, 6.45) is 0. The maximum absolute atomic E-state index is 5.95. The fraction of sp³-hybridized carbons (Fsp3) is 0.182. The number of methoxy groups -OCH3 is 1. The topological polar surface area (TPSA) is 22.1 Å². The number of alkyl halides is 1. The van der Waals surface area contributed by atoms with Crippen molar-refractivity contribution in [3.05, 3.63) is 35.0 Å². The van der Waals surface area contributed by atoms with Crippen LogP contribution in [0.5, 0.6) is 5.75 Å². The van der Waals surface area contributed by atoms with Crippen molar-refractivity contribution in [2.45, 2.75) is 5.88 Å². The molecule has 0 amide bonds. The Morgan fingerprint density at radius 2 is 2.13 bits per heavy atom. The number of nitrogens with zero attached hydrogens (tertiary/aromatic N) is 1. The van der Waals surface area contributed by atoms with Gasteiger partial charge >= 0.3 is 0 Å². The zero-order valence-electron chi connectivity index (χ0n) is 8.13. The van der Waals surface area contributed by atoms with Gasteiger partial charge in [-0.3, -0.25) is 0 Å². The number of hydrogen-bond donors (Lipinski definition) is 0. The first-order valence-corrected chi connectivity index (χ1v) is 5.35. The number of rotatable bonds is 2. The van der Waals surface area contributed by atoms with Crippen LogP contribution in [0, 0.1) is 0 Å². The van der Waals surface area contributed by atoms with Gasteiger partial charge in [-0.05, 0) is 24.3 Å². The summed E-state index contributed by atoms with van der Waals surface area (Å²) in [6, 6.07) is 7.57. The fourth-order valence-electron chi connectivity index (χ4n) is 1.40. The largest absolute Gasteiger partial charge is 0.497 e. The molecule has 0 saturated carbocycles. The predicted octanol–water partition coefficient (Wildman–Crippen LogP) is 3.64. The molecule has 1 heterocycles. The quantitative estimate of drug-likeness (QED) is 0.592. The molecule has 78 valence electrons. The predicted molar refractivity (Wildman–Crippen MR) is 62.9 cm³/mol.